The van der Waals surface area contributed by atoms with Crippen LogP contribution in [0.3, 0.4) is 0 Å². The molecule has 3 heterocycles. The summed E-state index contributed by atoms with van der Waals surface area (Å²) < 4.78 is 22.6. The summed E-state index contributed by atoms with van der Waals surface area (Å²) in [6.07, 6.45) is 4.31. The van der Waals surface area contributed by atoms with Crippen LogP contribution in [0.2, 0.25) is 0 Å². The van der Waals surface area contributed by atoms with Crippen molar-refractivity contribution in [3.05, 3.63) is 35.4 Å². The highest BCUT2D eigenvalue weighted by Gasteiger charge is 2.59. The molecule has 0 radical (unpaired) electrons. The molecule has 1 spiro atoms. The number of hydrogen-bond acceptors (Lipinski definition) is 6. The van der Waals surface area contributed by atoms with Crippen LogP contribution in [0.15, 0.2) is 24.3 Å². The molecule has 128 valence electrons. The van der Waals surface area contributed by atoms with Gasteiger partial charge in [0.1, 0.15) is 0 Å². The highest BCUT2D eigenvalue weighted by atomic mass is 16.7. The molecule has 5 atom stereocenters. The van der Waals surface area contributed by atoms with Crippen LogP contribution in [-0.2, 0) is 14.9 Å². The van der Waals surface area contributed by atoms with E-state index in [2.05, 4.69) is 24.1 Å². The third kappa shape index (κ3) is 1.74. The lowest BCUT2D eigenvalue weighted by Crippen LogP contribution is -2.52. The van der Waals surface area contributed by atoms with Crippen LogP contribution in [0.1, 0.15) is 23.8 Å². The van der Waals surface area contributed by atoms with Crippen molar-refractivity contribution in [2.75, 3.05) is 27.5 Å². The number of likely N-dealkylation sites (tertiary alicyclic amines) is 1. The van der Waals surface area contributed by atoms with Crippen LogP contribution in [0.4, 0.5) is 0 Å². The van der Waals surface area contributed by atoms with Gasteiger partial charge in [0.05, 0.1) is 17.6 Å². The molecule has 4 aliphatic rings. The average molecular weight is 331 g/mol. The molecule has 1 aromatic rings. The lowest BCUT2D eigenvalue weighted by Gasteiger charge is -2.46. The van der Waals surface area contributed by atoms with Gasteiger partial charge in [-0.15, -0.1) is 0 Å². The first kappa shape index (κ1) is 14.7. The number of aliphatic hydroxyl groups excluding tert-OH is 1. The molecule has 0 unspecified atom stereocenters. The van der Waals surface area contributed by atoms with E-state index in [0.717, 1.165) is 29.8 Å². The van der Waals surface area contributed by atoms with E-state index >= 15 is 0 Å². The second-order valence-corrected chi connectivity index (χ2v) is 7.03. The third-order valence-corrected chi connectivity index (χ3v) is 5.99. The molecule has 6 nitrogen and oxygen atoms in total. The Balaban J connectivity index is 1.73. The Bertz CT molecular complexity index is 720. The monoisotopic (exact) mass is 331 g/mol. The minimum Gasteiger partial charge on any atom is -0.454 e. The van der Waals surface area contributed by atoms with Gasteiger partial charge in [0.25, 0.3) is 0 Å². The van der Waals surface area contributed by atoms with Gasteiger partial charge < -0.3 is 24.1 Å². The maximum atomic E-state index is 10.5. The van der Waals surface area contributed by atoms with E-state index in [-0.39, 0.29) is 30.5 Å². The summed E-state index contributed by atoms with van der Waals surface area (Å²) in [7, 11) is 3.85. The topological polar surface area (TPSA) is 60.4 Å². The van der Waals surface area contributed by atoms with Crippen molar-refractivity contribution in [1.29, 1.82) is 0 Å². The zero-order chi connectivity index (χ0) is 16.5. The summed E-state index contributed by atoms with van der Waals surface area (Å²) in [6.45, 7) is 0.993. The maximum absolute atomic E-state index is 10.5. The van der Waals surface area contributed by atoms with Gasteiger partial charge in [-0.05, 0) is 31.2 Å². The molecule has 1 saturated heterocycles. The van der Waals surface area contributed by atoms with Crippen molar-refractivity contribution in [2.45, 2.75) is 36.4 Å². The Hall–Kier alpha value is -1.60. The summed E-state index contributed by atoms with van der Waals surface area (Å²) in [5.41, 5.74) is 1.56. The number of fused-ring (bicyclic) bond motifs is 2. The zero-order valence-corrected chi connectivity index (χ0v) is 13.8. The number of methoxy groups -OCH3 is 1. The Morgan fingerprint density at radius 3 is 2.88 bits per heavy atom. The van der Waals surface area contributed by atoms with Gasteiger partial charge in [0, 0.05) is 25.3 Å². The molecule has 0 amide bonds. The molecule has 6 heteroatoms. The number of ether oxygens (including phenoxy) is 4. The van der Waals surface area contributed by atoms with Crippen LogP contribution in [0, 0.1) is 0 Å². The first-order valence-corrected chi connectivity index (χ1v) is 8.33. The highest BCUT2D eigenvalue weighted by molar-refractivity contribution is 5.56. The standard InChI is InChI=1S/C18H21NO5/c1-19-8-16-18(4-3-10(21-2)5-15(18)19)12-7-14-13(22-9-23-14)6-11(12)17(20)24-16/h3-4,6-7,10,15-17,20H,5,8-9H2,1-2H3/t10-,15+,16+,17-,18+/m1/s1. The van der Waals surface area contributed by atoms with E-state index in [9.17, 15) is 5.11 Å². The van der Waals surface area contributed by atoms with Crippen LogP contribution < -0.4 is 9.47 Å². The van der Waals surface area contributed by atoms with Gasteiger partial charge in [-0.25, -0.2) is 0 Å². The van der Waals surface area contributed by atoms with E-state index in [1.807, 2.05) is 12.1 Å². The lowest BCUT2D eigenvalue weighted by molar-refractivity contribution is -0.160. The number of likely N-dealkylation sites (N-methyl/N-ethyl adjacent to an activating group) is 1. The quantitative estimate of drug-likeness (QED) is 0.784. The Labute approximate surface area is 140 Å². The molecule has 0 aromatic heterocycles. The second kappa shape index (κ2) is 4.95. The SMILES string of the molecule is CO[C@@H]1C=C[C@@]23c4cc5c(cc4[C@H](O)O[C@H]2CN(C)[C@H]3C1)OCO5. The van der Waals surface area contributed by atoms with Crippen LogP contribution in [0.25, 0.3) is 0 Å². The molecule has 0 bridgehead atoms. The van der Waals surface area contributed by atoms with E-state index in [1.165, 1.54) is 0 Å². The summed E-state index contributed by atoms with van der Waals surface area (Å²) in [5, 5.41) is 10.5. The summed E-state index contributed by atoms with van der Waals surface area (Å²) in [6, 6.07) is 4.14. The Morgan fingerprint density at radius 2 is 2.08 bits per heavy atom. The van der Waals surface area contributed by atoms with Crippen LogP contribution >= 0.6 is 0 Å². The predicted molar refractivity (Wildman–Crippen MR) is 85.0 cm³/mol. The van der Waals surface area contributed by atoms with Crippen molar-refractivity contribution < 1.29 is 24.1 Å². The van der Waals surface area contributed by atoms with E-state index in [4.69, 9.17) is 18.9 Å². The maximum Gasteiger partial charge on any atom is 0.231 e. The zero-order valence-electron chi connectivity index (χ0n) is 13.8. The first-order valence-electron chi connectivity index (χ1n) is 8.33. The van der Waals surface area contributed by atoms with Gasteiger partial charge in [-0.3, -0.25) is 4.90 Å². The normalized spacial score (nSPS) is 39.5. The van der Waals surface area contributed by atoms with E-state index in [1.54, 1.807) is 7.11 Å². The lowest BCUT2D eigenvalue weighted by atomic mass is 9.65. The third-order valence-electron chi connectivity index (χ3n) is 5.99. The Morgan fingerprint density at radius 1 is 1.29 bits per heavy atom. The van der Waals surface area contributed by atoms with Gasteiger partial charge in [0.2, 0.25) is 6.79 Å². The van der Waals surface area contributed by atoms with Gasteiger partial charge >= 0.3 is 0 Å². The van der Waals surface area contributed by atoms with Crippen molar-refractivity contribution in [2.24, 2.45) is 0 Å². The highest BCUT2D eigenvalue weighted by Crippen LogP contribution is 2.54. The predicted octanol–water partition coefficient (Wildman–Crippen LogP) is 1.33. The molecule has 1 aromatic carbocycles. The number of rotatable bonds is 1. The Kier molecular flexibility index (Phi) is 3.04. The van der Waals surface area contributed by atoms with Gasteiger partial charge in [-0.1, -0.05) is 12.2 Å². The fourth-order valence-electron chi connectivity index (χ4n) is 4.82. The van der Waals surface area contributed by atoms with Gasteiger partial charge in [0.15, 0.2) is 17.8 Å². The summed E-state index contributed by atoms with van der Waals surface area (Å²) in [5.74, 6) is 1.41. The molecule has 1 aliphatic carbocycles. The van der Waals surface area contributed by atoms with Crippen LogP contribution in [0.5, 0.6) is 11.5 Å². The molecule has 1 N–H and O–H groups in total. The van der Waals surface area contributed by atoms with Crippen molar-refractivity contribution >= 4 is 0 Å². The van der Waals surface area contributed by atoms with Gasteiger partial charge in [-0.2, -0.15) is 0 Å². The fraction of sp³-hybridized carbons (Fsp3) is 0.556. The summed E-state index contributed by atoms with van der Waals surface area (Å²) >= 11 is 0. The van der Waals surface area contributed by atoms with Crippen LogP contribution in [-0.4, -0.2) is 55.8 Å². The molecular formula is C18H21NO5. The van der Waals surface area contributed by atoms with E-state index < -0.39 is 6.29 Å². The number of hydrogen-bond donors (Lipinski definition) is 1. The summed E-state index contributed by atoms with van der Waals surface area (Å²) in [4.78, 5) is 2.31. The smallest absolute Gasteiger partial charge is 0.231 e. The molecule has 1 fully saturated rings. The minimum atomic E-state index is -0.939. The minimum absolute atomic E-state index is 0.0931. The molecule has 24 heavy (non-hydrogen) atoms. The first-order chi connectivity index (χ1) is 11.6. The number of aliphatic hydroxyl groups is 1. The molecule has 5 rings (SSSR count). The van der Waals surface area contributed by atoms with Crippen molar-refractivity contribution in [3.8, 4) is 11.5 Å². The fourth-order valence-corrected chi connectivity index (χ4v) is 4.82. The number of nitrogens with zero attached hydrogens (tertiary/aromatic N) is 1. The molecule has 0 saturated carbocycles. The molecule has 3 aliphatic heterocycles. The van der Waals surface area contributed by atoms with E-state index in [0.29, 0.717) is 5.75 Å². The largest absolute Gasteiger partial charge is 0.454 e. The number of benzene rings is 1. The van der Waals surface area contributed by atoms with Crippen molar-refractivity contribution in [3.63, 3.8) is 0 Å². The second-order valence-electron chi connectivity index (χ2n) is 7.03. The van der Waals surface area contributed by atoms with Crippen molar-refractivity contribution in [1.82, 2.24) is 4.90 Å². The average Bonchev–Trinajstić information content (AvgIpc) is 3.16. The molecular weight excluding hydrogens is 310 g/mol.